The highest BCUT2D eigenvalue weighted by Crippen LogP contribution is 2.15. The van der Waals surface area contributed by atoms with Crippen LogP contribution in [0.25, 0.3) is 10.9 Å². The van der Waals surface area contributed by atoms with Gasteiger partial charge in [0.15, 0.2) is 0 Å². The van der Waals surface area contributed by atoms with E-state index in [4.69, 9.17) is 0 Å². The number of anilines is 1. The zero-order chi connectivity index (χ0) is 10.1. The minimum Gasteiger partial charge on any atom is -0.388 e. The third-order valence-electron chi connectivity index (χ3n) is 2.32. The first-order chi connectivity index (χ1) is 6.70. The molecule has 0 radical (unpaired) electrons. The van der Waals surface area contributed by atoms with E-state index in [-0.39, 0.29) is 5.56 Å². The van der Waals surface area contributed by atoms with E-state index in [0.717, 1.165) is 22.2 Å². The lowest BCUT2D eigenvalue weighted by Crippen LogP contribution is -2.08. The number of aromatic nitrogens is 1. The number of nitrogens with one attached hydrogen (secondary N) is 2. The predicted molar refractivity (Wildman–Crippen MR) is 58.9 cm³/mol. The van der Waals surface area contributed by atoms with Crippen molar-refractivity contribution in [3.8, 4) is 0 Å². The Morgan fingerprint density at radius 2 is 2.07 bits per heavy atom. The Bertz CT molecular complexity index is 528. The van der Waals surface area contributed by atoms with Gasteiger partial charge in [0.1, 0.15) is 0 Å². The summed E-state index contributed by atoms with van der Waals surface area (Å²) in [5.74, 6) is 0. The van der Waals surface area contributed by atoms with Crippen LogP contribution in [-0.2, 0) is 0 Å². The highest BCUT2D eigenvalue weighted by atomic mass is 16.1. The molecular formula is C11H12N2O. The molecule has 14 heavy (non-hydrogen) atoms. The van der Waals surface area contributed by atoms with Crippen molar-refractivity contribution in [3.63, 3.8) is 0 Å². The maximum Gasteiger partial charge on any atom is 0.251 e. The van der Waals surface area contributed by atoms with Gasteiger partial charge in [-0.1, -0.05) is 6.07 Å². The lowest BCUT2D eigenvalue weighted by molar-refractivity contribution is 1.23. The normalized spacial score (nSPS) is 10.4. The first-order valence-electron chi connectivity index (χ1n) is 4.52. The molecule has 0 unspecified atom stereocenters. The van der Waals surface area contributed by atoms with E-state index in [9.17, 15) is 4.79 Å². The van der Waals surface area contributed by atoms with Gasteiger partial charge in [0.05, 0.1) is 5.52 Å². The quantitative estimate of drug-likeness (QED) is 0.717. The van der Waals surface area contributed by atoms with Crippen LogP contribution < -0.4 is 10.9 Å². The van der Waals surface area contributed by atoms with Crippen molar-refractivity contribution >= 4 is 16.6 Å². The molecule has 0 aliphatic heterocycles. The SMILES string of the molecule is CNc1ccc2cc(C)c(=O)[nH]c2c1. The fraction of sp³-hybridized carbons (Fsp3) is 0.182. The number of rotatable bonds is 1. The van der Waals surface area contributed by atoms with Crippen LogP contribution in [0, 0.1) is 6.92 Å². The van der Waals surface area contributed by atoms with Gasteiger partial charge in [0.2, 0.25) is 0 Å². The molecule has 0 spiro atoms. The molecule has 3 nitrogen and oxygen atoms in total. The molecule has 0 saturated carbocycles. The van der Waals surface area contributed by atoms with E-state index >= 15 is 0 Å². The summed E-state index contributed by atoms with van der Waals surface area (Å²) in [6.07, 6.45) is 0. The molecule has 0 saturated heterocycles. The molecule has 0 bridgehead atoms. The zero-order valence-corrected chi connectivity index (χ0v) is 8.22. The average molecular weight is 188 g/mol. The maximum absolute atomic E-state index is 11.4. The van der Waals surface area contributed by atoms with Crippen LogP contribution in [0.2, 0.25) is 0 Å². The second-order valence-corrected chi connectivity index (χ2v) is 3.33. The van der Waals surface area contributed by atoms with Crippen molar-refractivity contribution in [1.82, 2.24) is 4.98 Å². The van der Waals surface area contributed by atoms with Gasteiger partial charge in [-0.3, -0.25) is 4.79 Å². The van der Waals surface area contributed by atoms with Gasteiger partial charge in [0.25, 0.3) is 5.56 Å². The van der Waals surface area contributed by atoms with Gasteiger partial charge in [-0.25, -0.2) is 0 Å². The van der Waals surface area contributed by atoms with E-state index in [2.05, 4.69) is 10.3 Å². The van der Waals surface area contributed by atoms with Gasteiger partial charge < -0.3 is 10.3 Å². The van der Waals surface area contributed by atoms with Gasteiger partial charge in [-0.05, 0) is 30.5 Å². The first kappa shape index (κ1) is 8.81. The summed E-state index contributed by atoms with van der Waals surface area (Å²) in [7, 11) is 1.85. The number of benzene rings is 1. The topological polar surface area (TPSA) is 44.9 Å². The molecule has 1 heterocycles. The molecule has 2 N–H and O–H groups in total. The first-order valence-corrected chi connectivity index (χ1v) is 4.52. The maximum atomic E-state index is 11.4. The average Bonchev–Trinajstić information content (AvgIpc) is 2.19. The molecule has 1 aromatic heterocycles. The van der Waals surface area contributed by atoms with E-state index < -0.39 is 0 Å². The summed E-state index contributed by atoms with van der Waals surface area (Å²) in [4.78, 5) is 14.2. The molecule has 72 valence electrons. The Hall–Kier alpha value is -1.77. The number of aromatic amines is 1. The highest BCUT2D eigenvalue weighted by molar-refractivity contribution is 5.82. The molecule has 0 aliphatic rings. The third-order valence-corrected chi connectivity index (χ3v) is 2.32. The summed E-state index contributed by atoms with van der Waals surface area (Å²) in [6.45, 7) is 1.81. The van der Waals surface area contributed by atoms with Crippen molar-refractivity contribution in [2.75, 3.05) is 12.4 Å². The number of pyridine rings is 1. The molecule has 1 aromatic carbocycles. The van der Waals surface area contributed by atoms with Gasteiger partial charge in [-0.2, -0.15) is 0 Å². The van der Waals surface area contributed by atoms with Crippen molar-refractivity contribution in [2.24, 2.45) is 0 Å². The summed E-state index contributed by atoms with van der Waals surface area (Å²) >= 11 is 0. The van der Waals surface area contributed by atoms with Crippen LogP contribution in [0.15, 0.2) is 29.1 Å². The van der Waals surface area contributed by atoms with Crippen LogP contribution in [0.3, 0.4) is 0 Å². The Morgan fingerprint density at radius 1 is 1.29 bits per heavy atom. The molecule has 0 aliphatic carbocycles. The summed E-state index contributed by atoms with van der Waals surface area (Å²) in [5.41, 5.74) is 2.59. The summed E-state index contributed by atoms with van der Waals surface area (Å²) in [6, 6.07) is 7.80. The molecule has 3 heteroatoms. The van der Waals surface area contributed by atoms with Crippen LogP contribution in [0.1, 0.15) is 5.56 Å². The van der Waals surface area contributed by atoms with E-state index in [1.807, 2.05) is 38.2 Å². The number of H-pyrrole nitrogens is 1. The van der Waals surface area contributed by atoms with Crippen molar-refractivity contribution in [3.05, 3.63) is 40.2 Å². The predicted octanol–water partition coefficient (Wildman–Crippen LogP) is 1.88. The number of aryl methyl sites for hydroxylation is 1. The standard InChI is InChI=1S/C11H12N2O/c1-7-5-8-3-4-9(12-2)6-10(8)13-11(7)14/h3-6,12H,1-2H3,(H,13,14). The molecule has 0 atom stereocenters. The van der Waals surface area contributed by atoms with Gasteiger partial charge in [0, 0.05) is 18.3 Å². The molecule has 2 aromatic rings. The largest absolute Gasteiger partial charge is 0.388 e. The highest BCUT2D eigenvalue weighted by Gasteiger charge is 1.98. The van der Waals surface area contributed by atoms with Crippen molar-refractivity contribution < 1.29 is 0 Å². The zero-order valence-electron chi connectivity index (χ0n) is 8.22. The number of fused-ring (bicyclic) bond motifs is 1. The van der Waals surface area contributed by atoms with Crippen LogP contribution in [0.4, 0.5) is 5.69 Å². The van der Waals surface area contributed by atoms with E-state index in [1.54, 1.807) is 0 Å². The molecular weight excluding hydrogens is 176 g/mol. The Morgan fingerprint density at radius 3 is 2.79 bits per heavy atom. The van der Waals surface area contributed by atoms with E-state index in [0.29, 0.717) is 0 Å². The summed E-state index contributed by atoms with van der Waals surface area (Å²) < 4.78 is 0. The monoisotopic (exact) mass is 188 g/mol. The van der Waals surface area contributed by atoms with Crippen molar-refractivity contribution in [2.45, 2.75) is 6.92 Å². The second-order valence-electron chi connectivity index (χ2n) is 3.33. The fourth-order valence-corrected chi connectivity index (χ4v) is 1.47. The smallest absolute Gasteiger partial charge is 0.251 e. The third kappa shape index (κ3) is 1.37. The molecule has 0 fully saturated rings. The van der Waals surface area contributed by atoms with Crippen LogP contribution in [0.5, 0.6) is 0 Å². The Kier molecular flexibility index (Phi) is 2.00. The molecule has 2 rings (SSSR count). The number of hydrogen-bond donors (Lipinski definition) is 2. The van der Waals surface area contributed by atoms with Crippen LogP contribution in [-0.4, -0.2) is 12.0 Å². The Balaban J connectivity index is 2.77. The Labute approximate surface area is 81.8 Å². The minimum absolute atomic E-state index is 0.0225. The van der Waals surface area contributed by atoms with Crippen molar-refractivity contribution in [1.29, 1.82) is 0 Å². The lowest BCUT2D eigenvalue weighted by Gasteiger charge is -2.03. The second kappa shape index (κ2) is 3.18. The van der Waals surface area contributed by atoms with E-state index in [1.165, 1.54) is 0 Å². The lowest BCUT2D eigenvalue weighted by atomic mass is 10.1. The fourth-order valence-electron chi connectivity index (χ4n) is 1.47. The minimum atomic E-state index is -0.0225. The van der Waals surface area contributed by atoms with Gasteiger partial charge in [-0.15, -0.1) is 0 Å². The van der Waals surface area contributed by atoms with Crippen LogP contribution >= 0.6 is 0 Å². The summed E-state index contributed by atoms with van der Waals surface area (Å²) in [5, 5.41) is 4.09. The van der Waals surface area contributed by atoms with Gasteiger partial charge >= 0.3 is 0 Å². The molecule has 0 amide bonds. The number of hydrogen-bond acceptors (Lipinski definition) is 2.